The summed E-state index contributed by atoms with van der Waals surface area (Å²) in [5.74, 6) is -1.60. The zero-order valence-corrected chi connectivity index (χ0v) is 16.0. The van der Waals surface area contributed by atoms with Gasteiger partial charge in [-0.05, 0) is 36.4 Å². The van der Waals surface area contributed by atoms with Crippen LogP contribution in [0, 0.1) is 0 Å². The fraction of sp³-hybridized carbons (Fsp3) is 0.200. The van der Waals surface area contributed by atoms with E-state index in [-0.39, 0.29) is 23.7 Å². The van der Waals surface area contributed by atoms with E-state index < -0.39 is 24.4 Å². The second-order valence-electron chi connectivity index (χ2n) is 5.75. The molecule has 0 aliphatic heterocycles. The highest BCUT2D eigenvalue weighted by atomic mass is 16.5. The van der Waals surface area contributed by atoms with Gasteiger partial charge in [-0.2, -0.15) is 0 Å². The topological polar surface area (TPSA) is 123 Å². The van der Waals surface area contributed by atoms with E-state index in [1.807, 2.05) is 0 Å². The smallest absolute Gasteiger partial charge is 0.340 e. The zero-order valence-electron chi connectivity index (χ0n) is 16.0. The molecule has 0 saturated carbocycles. The van der Waals surface area contributed by atoms with Crippen molar-refractivity contribution in [3.63, 3.8) is 0 Å². The summed E-state index contributed by atoms with van der Waals surface area (Å²) in [6, 6.07) is 12.7. The molecule has 29 heavy (non-hydrogen) atoms. The van der Waals surface area contributed by atoms with Crippen molar-refractivity contribution < 1.29 is 28.7 Å². The molecule has 0 atom stereocenters. The van der Waals surface area contributed by atoms with Gasteiger partial charge in [0.05, 0.1) is 24.9 Å². The molecule has 0 bridgehead atoms. The highest BCUT2D eigenvalue weighted by Crippen LogP contribution is 2.18. The van der Waals surface area contributed by atoms with Crippen LogP contribution >= 0.6 is 0 Å². The monoisotopic (exact) mass is 399 g/mol. The lowest BCUT2D eigenvalue weighted by Gasteiger charge is -2.11. The van der Waals surface area contributed by atoms with Crippen LogP contribution in [0.5, 0.6) is 5.75 Å². The normalized spacial score (nSPS) is 9.86. The maximum Gasteiger partial charge on any atom is 0.340 e. The standard InChI is InChI=1S/C20H21N3O6/c1-21-17(24)11-22-18(25)12-29-20(27)15-5-3-4-6-16(15)23-19(26)13-7-9-14(28-2)10-8-13/h3-10H,11-12H2,1-2H3,(H,21,24)(H,22,25)(H,23,26). The highest BCUT2D eigenvalue weighted by Gasteiger charge is 2.16. The first-order valence-corrected chi connectivity index (χ1v) is 8.63. The summed E-state index contributed by atoms with van der Waals surface area (Å²) in [6.07, 6.45) is 0. The molecule has 3 N–H and O–H groups in total. The van der Waals surface area contributed by atoms with Gasteiger partial charge in [0.25, 0.3) is 11.8 Å². The Bertz CT molecular complexity index is 895. The Balaban J connectivity index is 1.99. The largest absolute Gasteiger partial charge is 0.497 e. The quantitative estimate of drug-likeness (QED) is 0.569. The van der Waals surface area contributed by atoms with Crippen molar-refractivity contribution in [1.29, 1.82) is 0 Å². The Morgan fingerprint density at radius 2 is 1.62 bits per heavy atom. The molecule has 9 heteroatoms. The summed E-state index contributed by atoms with van der Waals surface area (Å²) >= 11 is 0. The minimum atomic E-state index is -0.786. The van der Waals surface area contributed by atoms with Crippen LogP contribution in [0.15, 0.2) is 48.5 Å². The molecule has 0 saturated heterocycles. The third-order valence-corrected chi connectivity index (χ3v) is 3.81. The minimum Gasteiger partial charge on any atom is -0.497 e. The van der Waals surface area contributed by atoms with E-state index in [1.165, 1.54) is 20.2 Å². The molecule has 152 valence electrons. The molecule has 2 aromatic carbocycles. The van der Waals surface area contributed by atoms with Crippen molar-refractivity contribution in [3.05, 3.63) is 59.7 Å². The predicted octanol–water partition coefficient (Wildman–Crippen LogP) is 0.967. The number of hydrogen-bond donors (Lipinski definition) is 3. The first kappa shape index (κ1) is 21.4. The second kappa shape index (κ2) is 10.5. The summed E-state index contributed by atoms with van der Waals surface area (Å²) in [5, 5.41) is 7.30. The SMILES string of the molecule is CNC(=O)CNC(=O)COC(=O)c1ccccc1NC(=O)c1ccc(OC)cc1. The molecule has 9 nitrogen and oxygen atoms in total. The summed E-state index contributed by atoms with van der Waals surface area (Å²) in [7, 11) is 2.96. The molecule has 0 fully saturated rings. The molecule has 0 heterocycles. The van der Waals surface area contributed by atoms with Gasteiger partial charge < -0.3 is 25.4 Å². The predicted molar refractivity (Wildman–Crippen MR) is 105 cm³/mol. The Morgan fingerprint density at radius 1 is 0.931 bits per heavy atom. The summed E-state index contributed by atoms with van der Waals surface area (Å²) in [5.41, 5.74) is 0.708. The summed E-state index contributed by atoms with van der Waals surface area (Å²) in [4.78, 5) is 47.5. The number of carbonyl (C=O) groups is 4. The van der Waals surface area contributed by atoms with Gasteiger partial charge in [-0.1, -0.05) is 12.1 Å². The van der Waals surface area contributed by atoms with Crippen molar-refractivity contribution in [1.82, 2.24) is 10.6 Å². The molecule has 0 aromatic heterocycles. The van der Waals surface area contributed by atoms with Gasteiger partial charge in [-0.3, -0.25) is 14.4 Å². The number of rotatable bonds is 8. The van der Waals surface area contributed by atoms with Crippen LogP contribution in [0.3, 0.4) is 0 Å². The average molecular weight is 399 g/mol. The van der Waals surface area contributed by atoms with E-state index in [0.29, 0.717) is 11.3 Å². The minimum absolute atomic E-state index is 0.0912. The number of para-hydroxylation sites is 1. The summed E-state index contributed by atoms with van der Waals surface area (Å²) in [6.45, 7) is -0.780. The zero-order chi connectivity index (χ0) is 21.2. The number of hydrogen-bond acceptors (Lipinski definition) is 6. The number of likely N-dealkylation sites (N-methyl/N-ethyl adjacent to an activating group) is 1. The van der Waals surface area contributed by atoms with Gasteiger partial charge in [0, 0.05) is 12.6 Å². The Kier molecular flexibility index (Phi) is 7.72. The first-order valence-electron chi connectivity index (χ1n) is 8.63. The number of ether oxygens (including phenoxy) is 2. The third-order valence-electron chi connectivity index (χ3n) is 3.81. The number of anilines is 1. The van der Waals surface area contributed by atoms with E-state index in [9.17, 15) is 19.2 Å². The van der Waals surface area contributed by atoms with Crippen molar-refractivity contribution >= 4 is 29.4 Å². The van der Waals surface area contributed by atoms with Gasteiger partial charge in [-0.15, -0.1) is 0 Å². The maximum atomic E-state index is 12.4. The summed E-state index contributed by atoms with van der Waals surface area (Å²) < 4.78 is 10.0. The lowest BCUT2D eigenvalue weighted by atomic mass is 10.1. The molecular weight excluding hydrogens is 378 g/mol. The van der Waals surface area contributed by atoms with Gasteiger partial charge in [0.15, 0.2) is 6.61 Å². The van der Waals surface area contributed by atoms with Crippen LogP contribution in [0.1, 0.15) is 20.7 Å². The third kappa shape index (κ3) is 6.35. The van der Waals surface area contributed by atoms with Crippen molar-refractivity contribution in [2.45, 2.75) is 0 Å². The van der Waals surface area contributed by atoms with Crippen molar-refractivity contribution in [2.75, 3.05) is 32.6 Å². The number of nitrogens with one attached hydrogen (secondary N) is 3. The van der Waals surface area contributed by atoms with Crippen LogP contribution in [0.25, 0.3) is 0 Å². The van der Waals surface area contributed by atoms with Crippen LogP contribution < -0.4 is 20.7 Å². The lowest BCUT2D eigenvalue weighted by Crippen LogP contribution is -2.37. The first-order chi connectivity index (χ1) is 13.9. The number of amides is 3. The highest BCUT2D eigenvalue weighted by molar-refractivity contribution is 6.08. The van der Waals surface area contributed by atoms with E-state index in [1.54, 1.807) is 42.5 Å². The van der Waals surface area contributed by atoms with E-state index in [2.05, 4.69) is 16.0 Å². The van der Waals surface area contributed by atoms with Gasteiger partial charge in [-0.25, -0.2) is 4.79 Å². The van der Waals surface area contributed by atoms with Gasteiger partial charge in [0.2, 0.25) is 5.91 Å². The van der Waals surface area contributed by atoms with Gasteiger partial charge in [0.1, 0.15) is 5.75 Å². The number of carbonyl (C=O) groups excluding carboxylic acids is 4. The van der Waals surface area contributed by atoms with Gasteiger partial charge >= 0.3 is 5.97 Å². The Hall–Kier alpha value is -3.88. The van der Waals surface area contributed by atoms with Crippen molar-refractivity contribution in [3.8, 4) is 5.75 Å². The average Bonchev–Trinajstić information content (AvgIpc) is 2.76. The van der Waals surface area contributed by atoms with Crippen LogP contribution in [0.2, 0.25) is 0 Å². The Morgan fingerprint density at radius 3 is 2.28 bits per heavy atom. The molecule has 2 aromatic rings. The van der Waals surface area contributed by atoms with Crippen molar-refractivity contribution in [2.24, 2.45) is 0 Å². The maximum absolute atomic E-state index is 12.4. The van der Waals surface area contributed by atoms with Crippen LogP contribution in [-0.4, -0.2) is 51.0 Å². The molecule has 2 rings (SSSR count). The molecule has 0 spiro atoms. The number of methoxy groups -OCH3 is 1. The van der Waals surface area contributed by atoms with Crippen LogP contribution in [-0.2, 0) is 14.3 Å². The molecular formula is C20H21N3O6. The second-order valence-corrected chi connectivity index (χ2v) is 5.75. The van der Waals surface area contributed by atoms with Crippen LogP contribution in [0.4, 0.5) is 5.69 Å². The lowest BCUT2D eigenvalue weighted by molar-refractivity contribution is -0.127. The number of esters is 1. The number of benzene rings is 2. The van der Waals surface area contributed by atoms with E-state index in [4.69, 9.17) is 9.47 Å². The molecule has 3 amide bonds. The Labute approximate surface area is 167 Å². The fourth-order valence-electron chi connectivity index (χ4n) is 2.23. The molecule has 0 unspecified atom stereocenters. The van der Waals surface area contributed by atoms with E-state index in [0.717, 1.165) is 0 Å². The molecule has 0 radical (unpaired) electrons. The van der Waals surface area contributed by atoms with E-state index >= 15 is 0 Å². The molecule has 0 aliphatic rings. The fourth-order valence-corrected chi connectivity index (χ4v) is 2.23. The molecule has 0 aliphatic carbocycles.